The van der Waals surface area contributed by atoms with E-state index < -0.39 is 0 Å². The van der Waals surface area contributed by atoms with Gasteiger partial charge in [-0.05, 0) is 17.7 Å². The van der Waals surface area contributed by atoms with E-state index >= 15 is 0 Å². The van der Waals surface area contributed by atoms with Gasteiger partial charge in [-0.25, -0.2) is 19.9 Å². The summed E-state index contributed by atoms with van der Waals surface area (Å²) in [5.74, 6) is 0.566. The number of aromatic nitrogens is 4. The molecule has 7 heteroatoms. The second-order valence-corrected chi connectivity index (χ2v) is 5.37. The molecule has 0 aliphatic carbocycles. The number of rotatable bonds is 4. The second-order valence-electron chi connectivity index (χ2n) is 4.93. The number of methoxy groups -OCH3 is 1. The van der Waals surface area contributed by atoms with E-state index in [4.69, 9.17) is 21.6 Å². The van der Waals surface area contributed by atoms with Gasteiger partial charge in [0.05, 0.1) is 19.0 Å². The molecule has 0 spiro atoms. The Morgan fingerprint density at radius 1 is 1.17 bits per heavy atom. The molecule has 3 aromatic rings. The number of hydrogen-bond donors (Lipinski definition) is 0. The lowest BCUT2D eigenvalue weighted by molar-refractivity contribution is 0.397. The van der Waals surface area contributed by atoms with E-state index in [9.17, 15) is 0 Å². The highest BCUT2D eigenvalue weighted by Crippen LogP contribution is 2.28. The largest absolute Gasteiger partial charge is 0.479 e. The Morgan fingerprint density at radius 3 is 2.62 bits per heavy atom. The topological polar surface area (TPSA) is 84.6 Å². The Balaban J connectivity index is 1.95. The van der Waals surface area contributed by atoms with Crippen LogP contribution in [0.5, 0.6) is 5.88 Å². The summed E-state index contributed by atoms with van der Waals surface area (Å²) in [6.45, 7) is 0. The zero-order chi connectivity index (χ0) is 16.9. The zero-order valence-corrected chi connectivity index (χ0v) is 13.5. The van der Waals surface area contributed by atoms with Crippen LogP contribution in [0.25, 0.3) is 11.3 Å². The van der Waals surface area contributed by atoms with Crippen molar-refractivity contribution in [2.24, 2.45) is 0 Å². The fourth-order valence-electron chi connectivity index (χ4n) is 2.19. The standard InChI is InChI=1S/C17H12ClN5O/c1-24-17-16(12-3-2-4-13(18)6-12)23-14(10-22-17)5-11-8-20-15(7-19)21-9-11/h2-4,6,8-10H,5H2,1H3. The van der Waals surface area contributed by atoms with E-state index in [1.807, 2.05) is 24.3 Å². The first-order chi connectivity index (χ1) is 11.7. The molecule has 0 bridgehead atoms. The fourth-order valence-corrected chi connectivity index (χ4v) is 2.38. The van der Waals surface area contributed by atoms with Crippen LogP contribution in [0, 0.1) is 11.3 Å². The molecular formula is C17H12ClN5O. The molecule has 3 rings (SSSR count). The third-order valence-electron chi connectivity index (χ3n) is 3.27. The van der Waals surface area contributed by atoms with Crippen LogP contribution in [-0.2, 0) is 6.42 Å². The molecule has 0 N–H and O–H groups in total. The highest BCUT2D eigenvalue weighted by Gasteiger charge is 2.12. The van der Waals surface area contributed by atoms with Crippen molar-refractivity contribution >= 4 is 11.6 Å². The Bertz CT molecular complexity index is 906. The molecule has 0 saturated carbocycles. The Morgan fingerprint density at radius 2 is 1.96 bits per heavy atom. The average molecular weight is 338 g/mol. The number of nitrogens with zero attached hydrogens (tertiary/aromatic N) is 5. The van der Waals surface area contributed by atoms with Gasteiger partial charge >= 0.3 is 0 Å². The van der Waals surface area contributed by atoms with Crippen molar-refractivity contribution in [2.45, 2.75) is 6.42 Å². The lowest BCUT2D eigenvalue weighted by Crippen LogP contribution is -2.01. The summed E-state index contributed by atoms with van der Waals surface area (Å²) in [6, 6.07) is 9.24. The number of halogens is 1. The van der Waals surface area contributed by atoms with Crippen molar-refractivity contribution in [1.82, 2.24) is 19.9 Å². The molecule has 0 radical (unpaired) electrons. The fraction of sp³-hybridized carbons (Fsp3) is 0.118. The highest BCUT2D eigenvalue weighted by molar-refractivity contribution is 6.30. The maximum atomic E-state index is 8.74. The molecule has 0 unspecified atom stereocenters. The molecule has 0 aliphatic rings. The molecule has 0 saturated heterocycles. The van der Waals surface area contributed by atoms with Gasteiger partial charge in [-0.1, -0.05) is 23.7 Å². The van der Waals surface area contributed by atoms with Gasteiger partial charge in [0.2, 0.25) is 11.7 Å². The third-order valence-corrected chi connectivity index (χ3v) is 3.51. The number of nitriles is 1. The van der Waals surface area contributed by atoms with Gasteiger partial charge in [0.25, 0.3) is 0 Å². The van der Waals surface area contributed by atoms with Gasteiger partial charge in [-0.15, -0.1) is 0 Å². The summed E-state index contributed by atoms with van der Waals surface area (Å²) in [5.41, 5.74) is 3.02. The SMILES string of the molecule is COc1ncc(Cc2cnc(C#N)nc2)nc1-c1cccc(Cl)c1. The molecule has 24 heavy (non-hydrogen) atoms. The normalized spacial score (nSPS) is 10.2. The van der Waals surface area contributed by atoms with Gasteiger partial charge in [0, 0.05) is 29.4 Å². The second kappa shape index (κ2) is 7.02. The van der Waals surface area contributed by atoms with Gasteiger partial charge in [-0.2, -0.15) is 5.26 Å². The quantitative estimate of drug-likeness (QED) is 0.727. The van der Waals surface area contributed by atoms with Gasteiger partial charge in [-0.3, -0.25) is 0 Å². The summed E-state index contributed by atoms with van der Waals surface area (Å²) >= 11 is 6.06. The van der Waals surface area contributed by atoms with Crippen molar-refractivity contribution in [2.75, 3.05) is 7.11 Å². The predicted molar refractivity (Wildman–Crippen MR) is 88.6 cm³/mol. The predicted octanol–water partition coefficient (Wildman–Crippen LogP) is 3.06. The van der Waals surface area contributed by atoms with Crippen molar-refractivity contribution < 1.29 is 4.74 Å². The Kier molecular flexibility index (Phi) is 4.64. The molecule has 6 nitrogen and oxygen atoms in total. The highest BCUT2D eigenvalue weighted by atomic mass is 35.5. The van der Waals surface area contributed by atoms with Gasteiger partial charge in [0.15, 0.2) is 0 Å². The maximum Gasteiger partial charge on any atom is 0.240 e. The lowest BCUT2D eigenvalue weighted by atomic mass is 10.1. The van der Waals surface area contributed by atoms with E-state index in [-0.39, 0.29) is 5.82 Å². The Labute approximate surface area is 143 Å². The number of benzene rings is 1. The molecule has 118 valence electrons. The van der Waals surface area contributed by atoms with E-state index in [1.54, 1.807) is 31.8 Å². The monoisotopic (exact) mass is 337 g/mol. The van der Waals surface area contributed by atoms with Crippen LogP contribution in [-0.4, -0.2) is 27.0 Å². The van der Waals surface area contributed by atoms with E-state index in [1.165, 1.54) is 0 Å². The summed E-state index contributed by atoms with van der Waals surface area (Å²) < 4.78 is 5.30. The molecule has 1 aromatic carbocycles. The summed E-state index contributed by atoms with van der Waals surface area (Å²) in [6.07, 6.45) is 5.36. The minimum Gasteiger partial charge on any atom is -0.479 e. The number of hydrogen-bond acceptors (Lipinski definition) is 6. The third kappa shape index (κ3) is 3.47. The summed E-state index contributed by atoms with van der Waals surface area (Å²) in [4.78, 5) is 16.9. The minimum absolute atomic E-state index is 0.138. The summed E-state index contributed by atoms with van der Waals surface area (Å²) in [5, 5.41) is 9.35. The molecule has 0 atom stereocenters. The van der Waals surface area contributed by atoms with Crippen molar-refractivity contribution in [3.05, 3.63) is 65.0 Å². The van der Waals surface area contributed by atoms with Gasteiger partial charge in [0.1, 0.15) is 11.8 Å². The first kappa shape index (κ1) is 15.8. The minimum atomic E-state index is 0.138. The van der Waals surface area contributed by atoms with Crippen LogP contribution in [0.4, 0.5) is 0 Å². The zero-order valence-electron chi connectivity index (χ0n) is 12.8. The first-order valence-electron chi connectivity index (χ1n) is 7.06. The van der Waals surface area contributed by atoms with Crippen LogP contribution < -0.4 is 4.74 Å². The van der Waals surface area contributed by atoms with Gasteiger partial charge < -0.3 is 4.74 Å². The maximum absolute atomic E-state index is 8.74. The van der Waals surface area contributed by atoms with Crippen molar-refractivity contribution in [3.63, 3.8) is 0 Å². The smallest absolute Gasteiger partial charge is 0.240 e. The molecule has 2 heterocycles. The van der Waals surface area contributed by atoms with Crippen molar-refractivity contribution in [3.8, 4) is 23.2 Å². The van der Waals surface area contributed by atoms with Crippen molar-refractivity contribution in [1.29, 1.82) is 5.26 Å². The van der Waals surface area contributed by atoms with Crippen LogP contribution in [0.1, 0.15) is 17.1 Å². The van der Waals surface area contributed by atoms with Crippen LogP contribution >= 0.6 is 11.6 Å². The van der Waals surface area contributed by atoms with Crippen LogP contribution in [0.15, 0.2) is 42.9 Å². The molecule has 0 aliphatic heterocycles. The number of ether oxygens (including phenoxy) is 1. The van der Waals surface area contributed by atoms with Crippen LogP contribution in [0.2, 0.25) is 5.02 Å². The summed E-state index contributed by atoms with van der Waals surface area (Å²) in [7, 11) is 1.55. The molecule has 0 fully saturated rings. The molecule has 0 amide bonds. The Hall–Kier alpha value is -3.04. The lowest BCUT2D eigenvalue weighted by Gasteiger charge is -2.09. The van der Waals surface area contributed by atoms with Crippen LogP contribution in [0.3, 0.4) is 0 Å². The molecular weight excluding hydrogens is 326 g/mol. The van der Waals surface area contributed by atoms with E-state index in [0.717, 1.165) is 16.8 Å². The van der Waals surface area contributed by atoms with E-state index in [2.05, 4.69) is 19.9 Å². The molecule has 2 aromatic heterocycles. The van der Waals surface area contributed by atoms with E-state index in [0.29, 0.717) is 23.0 Å². The first-order valence-corrected chi connectivity index (χ1v) is 7.44. The average Bonchev–Trinajstić information content (AvgIpc) is 2.62.